The third-order valence-electron chi connectivity index (χ3n) is 1.89. The van der Waals surface area contributed by atoms with Crippen molar-refractivity contribution in [3.8, 4) is 0 Å². The summed E-state index contributed by atoms with van der Waals surface area (Å²) in [5, 5.41) is 9.53. The summed E-state index contributed by atoms with van der Waals surface area (Å²) < 4.78 is 0. The Bertz CT molecular complexity index is 131. The average Bonchev–Trinajstić information content (AvgIpc) is 1.88. The molecule has 1 saturated carbocycles. The Kier molecular flexibility index (Phi) is 6.85. The molecule has 0 atom stereocenters. The molecule has 0 aromatic rings. The molecule has 0 aromatic heterocycles. The largest absolute Gasteiger partial charge is 1.00 e. The molecular weight excluding hydrogens is 171 g/mol. The van der Waals surface area contributed by atoms with Crippen molar-refractivity contribution in [1.82, 2.24) is 5.43 Å². The van der Waals surface area contributed by atoms with Crippen molar-refractivity contribution in [2.45, 2.75) is 38.1 Å². The molecular formula is C6H13KN2O2. The molecule has 0 saturated heterocycles. The topological polar surface area (TPSA) is 55.2 Å². The first-order chi connectivity index (χ1) is 4.79. The van der Waals surface area contributed by atoms with Gasteiger partial charge in [0.25, 0.3) is 0 Å². The maximum atomic E-state index is 9.96. The van der Waals surface area contributed by atoms with E-state index in [1.54, 1.807) is 0 Å². The number of hydrogen-bond donors (Lipinski definition) is 1. The molecule has 0 radical (unpaired) electrons. The van der Waals surface area contributed by atoms with Crippen LogP contribution < -0.4 is 56.8 Å². The van der Waals surface area contributed by atoms with Crippen LogP contribution in [0.25, 0.3) is 0 Å². The first kappa shape index (κ1) is 11.8. The average molecular weight is 184 g/mol. The number of nitrogens with zero attached hydrogens (tertiary/aromatic N) is 1. The molecule has 1 aliphatic rings. The van der Waals surface area contributed by atoms with Gasteiger partial charge in [0.15, 0.2) is 5.03 Å². The van der Waals surface area contributed by atoms with E-state index in [9.17, 15) is 10.1 Å². The van der Waals surface area contributed by atoms with Crippen molar-refractivity contribution in [2.75, 3.05) is 0 Å². The van der Waals surface area contributed by atoms with Crippen LogP contribution >= 0.6 is 0 Å². The zero-order valence-corrected chi connectivity index (χ0v) is 10.00. The van der Waals surface area contributed by atoms with Crippen LogP contribution in [0, 0.1) is 10.1 Å². The number of hydrogen-bond acceptors (Lipinski definition) is 2. The van der Waals surface area contributed by atoms with E-state index in [2.05, 4.69) is 5.43 Å². The molecule has 0 aliphatic heterocycles. The summed E-state index contributed by atoms with van der Waals surface area (Å²) in [6.45, 7) is 0. The molecule has 1 rings (SSSR count). The molecule has 1 fully saturated rings. The van der Waals surface area contributed by atoms with Gasteiger partial charge < -0.3 is 1.43 Å². The van der Waals surface area contributed by atoms with Gasteiger partial charge >= 0.3 is 51.4 Å². The van der Waals surface area contributed by atoms with E-state index in [1.165, 1.54) is 6.42 Å². The molecule has 0 heterocycles. The van der Waals surface area contributed by atoms with Gasteiger partial charge in [-0.3, -0.25) is 0 Å². The third kappa shape index (κ3) is 5.14. The van der Waals surface area contributed by atoms with Gasteiger partial charge in [-0.25, -0.2) is 10.1 Å². The summed E-state index contributed by atoms with van der Waals surface area (Å²) in [5.74, 6) is 0. The SMILES string of the molecule is O=[N+]([O-])NC1CCCCC1.[H-].[K+]. The van der Waals surface area contributed by atoms with Crippen molar-refractivity contribution in [3.05, 3.63) is 10.1 Å². The molecule has 11 heavy (non-hydrogen) atoms. The third-order valence-corrected chi connectivity index (χ3v) is 1.89. The standard InChI is InChI=1S/C6H12N2O2.K.H/c9-8(10)7-6-4-2-1-3-5-6;;/h6-7H,1-5H2;;/q;+1;-1. The quantitative estimate of drug-likeness (QED) is 0.313. The minimum Gasteiger partial charge on any atom is -1.00 e. The molecule has 0 spiro atoms. The van der Waals surface area contributed by atoms with E-state index in [1.807, 2.05) is 0 Å². The fourth-order valence-corrected chi connectivity index (χ4v) is 1.38. The van der Waals surface area contributed by atoms with Crippen molar-refractivity contribution < 1.29 is 57.8 Å². The Hall–Kier alpha value is 0.836. The molecule has 0 unspecified atom stereocenters. The number of nitro groups is 1. The number of rotatable bonds is 2. The summed E-state index contributed by atoms with van der Waals surface area (Å²) in [7, 11) is 0. The second-order valence-electron chi connectivity index (χ2n) is 2.72. The minimum absolute atomic E-state index is 0. The van der Waals surface area contributed by atoms with Gasteiger partial charge in [0, 0.05) is 0 Å². The van der Waals surface area contributed by atoms with Crippen LogP contribution in [0.1, 0.15) is 33.5 Å². The van der Waals surface area contributed by atoms with Crippen LogP contribution in [0.15, 0.2) is 0 Å². The summed E-state index contributed by atoms with van der Waals surface area (Å²) in [6, 6.07) is 0.128. The van der Waals surface area contributed by atoms with Crippen LogP contribution in [-0.4, -0.2) is 11.1 Å². The van der Waals surface area contributed by atoms with Gasteiger partial charge in [0.05, 0.1) is 6.04 Å². The molecule has 5 heteroatoms. The van der Waals surface area contributed by atoms with E-state index in [4.69, 9.17) is 0 Å². The van der Waals surface area contributed by atoms with Crippen LogP contribution in [0.3, 0.4) is 0 Å². The zero-order chi connectivity index (χ0) is 7.40. The molecule has 0 aromatic carbocycles. The maximum Gasteiger partial charge on any atom is 1.00 e. The Morgan fingerprint density at radius 3 is 2.36 bits per heavy atom. The Labute approximate surface area is 110 Å². The Morgan fingerprint density at radius 1 is 1.36 bits per heavy atom. The Morgan fingerprint density at radius 2 is 1.91 bits per heavy atom. The maximum absolute atomic E-state index is 9.96. The summed E-state index contributed by atoms with van der Waals surface area (Å²) in [5.41, 5.74) is 2.30. The molecule has 0 amide bonds. The van der Waals surface area contributed by atoms with Crippen molar-refractivity contribution >= 4 is 0 Å². The number of nitrogens with one attached hydrogen (secondary N) is 1. The van der Waals surface area contributed by atoms with Crippen molar-refractivity contribution in [2.24, 2.45) is 0 Å². The predicted molar refractivity (Wildman–Crippen MR) is 38.1 cm³/mol. The second-order valence-corrected chi connectivity index (χ2v) is 2.72. The van der Waals surface area contributed by atoms with Crippen LogP contribution in [-0.2, 0) is 0 Å². The van der Waals surface area contributed by atoms with Crippen molar-refractivity contribution in [3.63, 3.8) is 0 Å². The fraction of sp³-hybridized carbons (Fsp3) is 1.00. The van der Waals surface area contributed by atoms with E-state index in [-0.39, 0.29) is 58.9 Å². The molecule has 1 aliphatic carbocycles. The summed E-state index contributed by atoms with van der Waals surface area (Å²) in [6.07, 6.45) is 5.41. The van der Waals surface area contributed by atoms with Crippen LogP contribution in [0.5, 0.6) is 0 Å². The normalized spacial score (nSPS) is 18.5. The number of hydrazine groups is 1. The summed E-state index contributed by atoms with van der Waals surface area (Å²) >= 11 is 0. The van der Waals surface area contributed by atoms with Gasteiger partial charge in [0.1, 0.15) is 0 Å². The van der Waals surface area contributed by atoms with E-state index in [0.717, 1.165) is 25.7 Å². The monoisotopic (exact) mass is 184 g/mol. The van der Waals surface area contributed by atoms with Gasteiger partial charge in [-0.15, -0.1) is 5.43 Å². The molecule has 0 bridgehead atoms. The minimum atomic E-state index is -0.435. The van der Waals surface area contributed by atoms with E-state index in [0.29, 0.717) is 0 Å². The van der Waals surface area contributed by atoms with E-state index >= 15 is 0 Å². The van der Waals surface area contributed by atoms with E-state index < -0.39 is 5.03 Å². The van der Waals surface area contributed by atoms with Gasteiger partial charge in [0.2, 0.25) is 0 Å². The van der Waals surface area contributed by atoms with Crippen molar-refractivity contribution in [1.29, 1.82) is 0 Å². The molecule has 60 valence electrons. The van der Waals surface area contributed by atoms with Crippen LogP contribution in [0.2, 0.25) is 0 Å². The van der Waals surface area contributed by atoms with Gasteiger partial charge in [-0.05, 0) is 12.8 Å². The first-order valence-corrected chi connectivity index (χ1v) is 3.69. The summed E-state index contributed by atoms with van der Waals surface area (Å²) in [4.78, 5) is 9.96. The smallest absolute Gasteiger partial charge is 1.00 e. The molecule has 1 N–H and O–H groups in total. The predicted octanol–water partition coefficient (Wildman–Crippen LogP) is -1.78. The Balaban J connectivity index is 0. The van der Waals surface area contributed by atoms with Gasteiger partial charge in [-0.2, -0.15) is 0 Å². The first-order valence-electron chi connectivity index (χ1n) is 3.69. The van der Waals surface area contributed by atoms with Crippen LogP contribution in [0.4, 0.5) is 0 Å². The second kappa shape index (κ2) is 6.36. The van der Waals surface area contributed by atoms with Gasteiger partial charge in [-0.1, -0.05) is 19.3 Å². The molecule has 4 nitrogen and oxygen atoms in total. The zero-order valence-electron chi connectivity index (χ0n) is 7.88. The fourth-order valence-electron chi connectivity index (χ4n) is 1.38.